The fourth-order valence-corrected chi connectivity index (χ4v) is 3.25. The van der Waals surface area contributed by atoms with Gasteiger partial charge in [0.05, 0.1) is 6.33 Å². The van der Waals surface area contributed by atoms with E-state index in [1.54, 1.807) is 12.2 Å². The van der Waals surface area contributed by atoms with Gasteiger partial charge in [0, 0.05) is 19.3 Å². The summed E-state index contributed by atoms with van der Waals surface area (Å²) in [6.45, 7) is 1.59. The highest BCUT2D eigenvalue weighted by atomic mass is 79.9. The van der Waals surface area contributed by atoms with Crippen LogP contribution in [0.25, 0.3) is 5.57 Å². The van der Waals surface area contributed by atoms with Gasteiger partial charge in [-0.15, -0.1) is 0 Å². The second-order valence-electron chi connectivity index (χ2n) is 4.95. The molecule has 0 N–H and O–H groups in total. The second-order valence-corrected chi connectivity index (χ2v) is 5.70. The van der Waals surface area contributed by atoms with Gasteiger partial charge in [0.25, 0.3) is 0 Å². The lowest BCUT2D eigenvalue weighted by molar-refractivity contribution is 0.0690. The lowest BCUT2D eigenvalue weighted by Crippen LogP contribution is -2.19. The first-order chi connectivity index (χ1) is 9.75. The Hall–Kier alpha value is -1.20. The van der Waals surface area contributed by atoms with Gasteiger partial charge in [0.2, 0.25) is 0 Å². The lowest BCUT2D eigenvalue weighted by atomic mass is 10.1. The average molecular weight is 339 g/mol. The van der Waals surface area contributed by atoms with Crippen molar-refractivity contribution >= 4 is 21.5 Å². The van der Waals surface area contributed by atoms with Crippen molar-refractivity contribution in [2.75, 3.05) is 13.2 Å². The maximum absolute atomic E-state index is 13.2. The van der Waals surface area contributed by atoms with Crippen molar-refractivity contribution in [2.24, 2.45) is 0 Å². The van der Waals surface area contributed by atoms with E-state index in [1.807, 2.05) is 12.4 Å². The number of halogens is 2. The van der Waals surface area contributed by atoms with Crippen molar-refractivity contribution < 1.29 is 9.13 Å². The van der Waals surface area contributed by atoms with Crippen LogP contribution in [0.4, 0.5) is 4.39 Å². The van der Waals surface area contributed by atoms with Crippen LogP contribution in [0.5, 0.6) is 0 Å². The third-order valence-electron chi connectivity index (χ3n) is 3.66. The van der Waals surface area contributed by atoms with Crippen LogP contribution in [0, 0.1) is 0 Å². The molecule has 0 radical (unpaired) electrons. The third-order valence-corrected chi connectivity index (χ3v) is 4.45. The maximum Gasteiger partial charge on any atom is 0.119 e. The molecule has 106 valence electrons. The summed E-state index contributed by atoms with van der Waals surface area (Å²) in [5, 5.41) is 0. The van der Waals surface area contributed by atoms with Crippen LogP contribution in [-0.4, -0.2) is 22.8 Å². The van der Waals surface area contributed by atoms with E-state index in [-0.39, 0.29) is 5.83 Å². The topological polar surface area (TPSA) is 27.1 Å². The summed E-state index contributed by atoms with van der Waals surface area (Å²) in [5.41, 5.74) is 1.82. The monoisotopic (exact) mass is 338 g/mol. The van der Waals surface area contributed by atoms with Crippen LogP contribution < -0.4 is 0 Å². The largest absolute Gasteiger partial charge is 0.381 e. The molecular formula is C15H16BrFN2O. The number of nitrogens with zero attached hydrogens (tertiary/aromatic N) is 2. The van der Waals surface area contributed by atoms with E-state index in [0.29, 0.717) is 12.5 Å². The smallest absolute Gasteiger partial charge is 0.119 e. The molecule has 1 fully saturated rings. The van der Waals surface area contributed by atoms with E-state index >= 15 is 0 Å². The normalized spacial score (nSPS) is 20.5. The number of allylic oxidation sites excluding steroid dienone is 6. The molecule has 0 unspecified atom stereocenters. The Bertz CT molecular complexity index is 583. The van der Waals surface area contributed by atoms with Gasteiger partial charge in [-0.05, 0) is 52.9 Å². The van der Waals surface area contributed by atoms with Gasteiger partial charge in [0.1, 0.15) is 16.1 Å². The summed E-state index contributed by atoms with van der Waals surface area (Å²) < 4.78 is 21.7. The molecule has 0 aromatic carbocycles. The Morgan fingerprint density at radius 3 is 2.85 bits per heavy atom. The van der Waals surface area contributed by atoms with Crippen molar-refractivity contribution in [3.8, 4) is 0 Å². The first-order valence-electron chi connectivity index (χ1n) is 6.80. The first-order valence-corrected chi connectivity index (χ1v) is 7.59. The van der Waals surface area contributed by atoms with Crippen molar-refractivity contribution in [3.05, 3.63) is 46.8 Å². The molecule has 20 heavy (non-hydrogen) atoms. The SMILES string of the molecule is FC1=CCC=C(c2ncn(C3CCOCC3)c2Br)C=C1. The molecule has 1 aromatic heterocycles. The predicted molar refractivity (Wildman–Crippen MR) is 79.9 cm³/mol. The summed E-state index contributed by atoms with van der Waals surface area (Å²) >= 11 is 3.64. The molecular weight excluding hydrogens is 323 g/mol. The molecule has 2 heterocycles. The molecule has 1 aliphatic carbocycles. The molecule has 1 saturated heterocycles. The molecule has 0 amide bonds. The summed E-state index contributed by atoms with van der Waals surface area (Å²) in [6, 6.07) is 0.421. The Morgan fingerprint density at radius 2 is 2.05 bits per heavy atom. The molecule has 0 saturated carbocycles. The number of rotatable bonds is 2. The second kappa shape index (κ2) is 6.06. The van der Waals surface area contributed by atoms with E-state index in [9.17, 15) is 4.39 Å². The third kappa shape index (κ3) is 2.79. The minimum absolute atomic E-state index is 0.198. The Kier molecular flexibility index (Phi) is 4.17. The Labute approximate surface area is 126 Å². The van der Waals surface area contributed by atoms with Gasteiger partial charge >= 0.3 is 0 Å². The number of imidazole rings is 1. The van der Waals surface area contributed by atoms with Crippen molar-refractivity contribution in [1.29, 1.82) is 0 Å². The molecule has 0 spiro atoms. The Morgan fingerprint density at radius 1 is 1.25 bits per heavy atom. The van der Waals surface area contributed by atoms with E-state index in [1.165, 1.54) is 6.08 Å². The highest BCUT2D eigenvalue weighted by Gasteiger charge is 2.20. The van der Waals surface area contributed by atoms with E-state index in [0.717, 1.165) is 41.9 Å². The van der Waals surface area contributed by atoms with Crippen LogP contribution in [0.2, 0.25) is 0 Å². The Balaban J connectivity index is 1.87. The van der Waals surface area contributed by atoms with Crippen LogP contribution in [0.15, 0.2) is 41.1 Å². The number of hydrogen-bond acceptors (Lipinski definition) is 2. The molecule has 0 atom stereocenters. The van der Waals surface area contributed by atoms with Gasteiger partial charge < -0.3 is 9.30 Å². The zero-order valence-corrected chi connectivity index (χ0v) is 12.6. The highest BCUT2D eigenvalue weighted by Crippen LogP contribution is 2.31. The number of aromatic nitrogens is 2. The fourth-order valence-electron chi connectivity index (χ4n) is 2.54. The minimum atomic E-state index is -0.198. The van der Waals surface area contributed by atoms with Crippen molar-refractivity contribution in [2.45, 2.75) is 25.3 Å². The molecule has 5 heteroatoms. The molecule has 0 bridgehead atoms. The molecule has 3 rings (SSSR count). The zero-order valence-electron chi connectivity index (χ0n) is 11.1. The van der Waals surface area contributed by atoms with Gasteiger partial charge in [-0.1, -0.05) is 12.2 Å². The van der Waals surface area contributed by atoms with E-state index in [2.05, 4.69) is 25.5 Å². The van der Waals surface area contributed by atoms with E-state index in [4.69, 9.17) is 4.74 Å². The number of ether oxygens (including phenoxy) is 1. The van der Waals surface area contributed by atoms with Gasteiger partial charge in [-0.25, -0.2) is 9.37 Å². The maximum atomic E-state index is 13.2. The quantitative estimate of drug-likeness (QED) is 0.808. The minimum Gasteiger partial charge on any atom is -0.381 e. The molecule has 1 aliphatic heterocycles. The van der Waals surface area contributed by atoms with Gasteiger partial charge in [-0.3, -0.25) is 0 Å². The summed E-state index contributed by atoms with van der Waals surface area (Å²) in [6.07, 6.45) is 11.3. The van der Waals surface area contributed by atoms with Crippen LogP contribution in [0.1, 0.15) is 31.0 Å². The zero-order chi connectivity index (χ0) is 13.9. The summed E-state index contributed by atoms with van der Waals surface area (Å²) in [7, 11) is 0. The molecule has 3 nitrogen and oxygen atoms in total. The van der Waals surface area contributed by atoms with Crippen LogP contribution in [-0.2, 0) is 4.74 Å². The van der Waals surface area contributed by atoms with Crippen molar-refractivity contribution in [1.82, 2.24) is 9.55 Å². The number of hydrogen-bond donors (Lipinski definition) is 0. The van der Waals surface area contributed by atoms with E-state index < -0.39 is 0 Å². The summed E-state index contributed by atoms with van der Waals surface area (Å²) in [5.74, 6) is -0.198. The fraction of sp³-hybridized carbons (Fsp3) is 0.400. The summed E-state index contributed by atoms with van der Waals surface area (Å²) in [4.78, 5) is 4.49. The average Bonchev–Trinajstić information content (AvgIpc) is 2.72. The van der Waals surface area contributed by atoms with Gasteiger partial charge in [-0.2, -0.15) is 0 Å². The van der Waals surface area contributed by atoms with Gasteiger partial charge in [0.15, 0.2) is 0 Å². The standard InChI is InChI=1S/C15H16BrFN2O/c16-15-14(11-2-1-3-12(17)5-4-11)18-10-19(15)13-6-8-20-9-7-13/h2-5,10,13H,1,6-9H2. The highest BCUT2D eigenvalue weighted by molar-refractivity contribution is 9.10. The predicted octanol–water partition coefficient (Wildman–Crippen LogP) is 4.19. The lowest BCUT2D eigenvalue weighted by Gasteiger charge is -2.24. The van der Waals surface area contributed by atoms with Crippen molar-refractivity contribution in [3.63, 3.8) is 0 Å². The molecule has 1 aromatic rings. The first kappa shape index (κ1) is 13.8. The van der Waals surface area contributed by atoms with Crippen LogP contribution in [0.3, 0.4) is 0 Å². The van der Waals surface area contributed by atoms with Crippen LogP contribution >= 0.6 is 15.9 Å². The molecule has 2 aliphatic rings.